The quantitative estimate of drug-likeness (QED) is 0.303. The number of carbonyl (C=O) groups is 2. The standard InChI is InChI=1S/C25H20Cl2N2O5/c1-28(2)12-5-7-14-18(9-12)34-19-10-13(29(3)4)6-8-15(19)20(14)22-21(25(32)33)17(26)11-16(23(22)27)24(30)31/h5-11H,1-4H3,(H-,30,31,32,33)/p+1. The Bertz CT molecular complexity index is 1530. The van der Waals surface area contributed by atoms with Gasteiger partial charge in [0.25, 0.3) is 0 Å². The summed E-state index contributed by atoms with van der Waals surface area (Å²) in [4.78, 5) is 26.1. The van der Waals surface area contributed by atoms with Crippen molar-refractivity contribution in [3.05, 3.63) is 69.0 Å². The number of nitrogens with zero attached hydrogens (tertiary/aromatic N) is 2. The predicted molar refractivity (Wildman–Crippen MR) is 134 cm³/mol. The van der Waals surface area contributed by atoms with Crippen molar-refractivity contribution in [3.8, 4) is 22.5 Å². The normalized spacial score (nSPS) is 11.1. The maximum Gasteiger partial charge on any atom is 0.337 e. The molecule has 1 heterocycles. The maximum atomic E-state index is 12.3. The number of fused-ring (bicyclic) bond motifs is 2. The highest BCUT2D eigenvalue weighted by molar-refractivity contribution is 6.41. The van der Waals surface area contributed by atoms with Crippen LogP contribution in [0, 0.1) is 0 Å². The molecule has 0 saturated heterocycles. The third kappa shape index (κ3) is 3.87. The summed E-state index contributed by atoms with van der Waals surface area (Å²) >= 11 is 12.9. The van der Waals surface area contributed by atoms with Gasteiger partial charge in [0.15, 0.2) is 0 Å². The van der Waals surface area contributed by atoms with Crippen LogP contribution in [-0.4, -0.2) is 50.3 Å². The number of benzene rings is 3. The number of aromatic carboxylic acids is 2. The van der Waals surface area contributed by atoms with Gasteiger partial charge in [-0.05, 0) is 24.3 Å². The molecule has 0 unspecified atom stereocenters. The molecule has 34 heavy (non-hydrogen) atoms. The number of anilines is 1. The summed E-state index contributed by atoms with van der Waals surface area (Å²) in [5.41, 5.74) is 1.81. The molecule has 174 valence electrons. The van der Waals surface area contributed by atoms with E-state index in [1.165, 1.54) is 0 Å². The van der Waals surface area contributed by atoms with Crippen molar-refractivity contribution >= 4 is 51.8 Å². The molecule has 0 radical (unpaired) electrons. The van der Waals surface area contributed by atoms with E-state index < -0.39 is 11.9 Å². The zero-order chi connectivity index (χ0) is 24.9. The Labute approximate surface area is 205 Å². The zero-order valence-electron chi connectivity index (χ0n) is 18.8. The summed E-state index contributed by atoms with van der Waals surface area (Å²) in [5, 5.41) is 20.7. The van der Waals surface area contributed by atoms with Crippen molar-refractivity contribution in [1.29, 1.82) is 0 Å². The average Bonchev–Trinajstić information content (AvgIpc) is 2.77. The fourth-order valence-corrected chi connectivity index (χ4v) is 4.53. The van der Waals surface area contributed by atoms with E-state index in [-0.39, 0.29) is 26.7 Å². The Morgan fingerprint density at radius 2 is 1.65 bits per heavy atom. The topological polar surface area (TPSA) is 94.0 Å². The van der Waals surface area contributed by atoms with Gasteiger partial charge >= 0.3 is 11.9 Å². The van der Waals surface area contributed by atoms with Crippen LogP contribution in [-0.2, 0) is 0 Å². The highest BCUT2D eigenvalue weighted by atomic mass is 35.5. The van der Waals surface area contributed by atoms with E-state index in [2.05, 4.69) is 0 Å². The Kier molecular flexibility index (Phi) is 6.02. The highest BCUT2D eigenvalue weighted by Crippen LogP contribution is 2.47. The van der Waals surface area contributed by atoms with Crippen LogP contribution >= 0.6 is 23.2 Å². The molecule has 9 heteroatoms. The first kappa shape index (κ1) is 23.6. The van der Waals surface area contributed by atoms with Crippen LogP contribution in [0.3, 0.4) is 0 Å². The van der Waals surface area contributed by atoms with Gasteiger partial charge in [-0.1, -0.05) is 23.2 Å². The van der Waals surface area contributed by atoms with Crippen LogP contribution in [0.25, 0.3) is 33.4 Å². The first-order chi connectivity index (χ1) is 16.0. The number of hydrogen-bond acceptors (Lipinski definition) is 4. The number of hydrogen-bond donors (Lipinski definition) is 2. The predicted octanol–water partition coefficient (Wildman–Crippen LogP) is 5.01. The largest absolute Gasteiger partial charge is 0.478 e. The van der Waals surface area contributed by atoms with Gasteiger partial charge in [-0.25, -0.2) is 14.2 Å². The van der Waals surface area contributed by atoms with Crippen molar-refractivity contribution in [1.82, 2.24) is 4.58 Å². The van der Waals surface area contributed by atoms with Crippen LogP contribution in [0.15, 0.2) is 46.9 Å². The maximum absolute atomic E-state index is 12.3. The van der Waals surface area contributed by atoms with Crippen molar-refractivity contribution in [3.63, 3.8) is 0 Å². The molecule has 7 nitrogen and oxygen atoms in total. The molecule has 2 aromatic carbocycles. The first-order valence-electron chi connectivity index (χ1n) is 10.2. The van der Waals surface area contributed by atoms with Gasteiger partial charge in [0.2, 0.25) is 5.36 Å². The van der Waals surface area contributed by atoms with Crippen LogP contribution in [0.5, 0.6) is 0 Å². The van der Waals surface area contributed by atoms with E-state index in [9.17, 15) is 19.8 Å². The summed E-state index contributed by atoms with van der Waals surface area (Å²) in [6, 6.07) is 12.0. The SMILES string of the molecule is CN(C)c1ccc2c(-c3c(Cl)c(C(=O)O)cc(Cl)c3C(=O)O)c3ccc(=[N+](C)C)cc-3oc2c1. The monoisotopic (exact) mass is 499 g/mol. The molecule has 0 saturated carbocycles. The molecule has 0 aromatic heterocycles. The Morgan fingerprint density at radius 1 is 0.941 bits per heavy atom. The minimum Gasteiger partial charge on any atom is -0.478 e. The molecule has 2 aromatic rings. The summed E-state index contributed by atoms with van der Waals surface area (Å²) < 4.78 is 8.15. The Hall–Kier alpha value is -3.55. The lowest BCUT2D eigenvalue weighted by Gasteiger charge is -2.20. The molecular weight excluding hydrogens is 479 g/mol. The highest BCUT2D eigenvalue weighted by Gasteiger charge is 2.29. The van der Waals surface area contributed by atoms with E-state index in [1.807, 2.05) is 61.9 Å². The second-order valence-corrected chi connectivity index (χ2v) is 8.99. The second-order valence-electron chi connectivity index (χ2n) is 8.21. The summed E-state index contributed by atoms with van der Waals surface area (Å²) in [7, 11) is 7.57. The Morgan fingerprint density at radius 3 is 2.24 bits per heavy atom. The number of halogens is 2. The molecule has 0 amide bonds. The summed E-state index contributed by atoms with van der Waals surface area (Å²) in [5.74, 6) is -2.16. The summed E-state index contributed by atoms with van der Waals surface area (Å²) in [6.07, 6.45) is 0. The third-order valence-electron chi connectivity index (χ3n) is 5.63. The van der Waals surface area contributed by atoms with Crippen LogP contribution in [0.4, 0.5) is 5.69 Å². The first-order valence-corrected chi connectivity index (χ1v) is 10.9. The van der Waals surface area contributed by atoms with Crippen LogP contribution < -0.4 is 14.8 Å². The zero-order valence-corrected chi connectivity index (χ0v) is 20.3. The van der Waals surface area contributed by atoms with Crippen LogP contribution in [0.2, 0.25) is 10.0 Å². The van der Waals surface area contributed by atoms with Crippen molar-refractivity contribution in [2.75, 3.05) is 33.1 Å². The lowest BCUT2D eigenvalue weighted by molar-refractivity contribution is 0.0682. The molecular formula is C25H21Cl2N2O5+. The summed E-state index contributed by atoms with van der Waals surface area (Å²) in [6.45, 7) is 0. The molecule has 0 spiro atoms. The van der Waals surface area contributed by atoms with Gasteiger partial charge < -0.3 is 19.5 Å². The van der Waals surface area contributed by atoms with E-state index in [0.717, 1.165) is 17.1 Å². The van der Waals surface area contributed by atoms with Gasteiger partial charge in [-0.3, -0.25) is 0 Å². The molecule has 1 aliphatic heterocycles. The van der Waals surface area contributed by atoms with Gasteiger partial charge in [0.05, 0.1) is 27.2 Å². The number of rotatable bonds is 4. The van der Waals surface area contributed by atoms with Gasteiger partial charge in [0.1, 0.15) is 25.4 Å². The molecule has 2 aliphatic rings. The van der Waals surface area contributed by atoms with Gasteiger partial charge in [-0.2, -0.15) is 0 Å². The molecule has 2 N–H and O–H groups in total. The van der Waals surface area contributed by atoms with E-state index in [4.69, 9.17) is 27.6 Å². The minimum atomic E-state index is -1.32. The fourth-order valence-electron chi connectivity index (χ4n) is 3.92. The van der Waals surface area contributed by atoms with Crippen LogP contribution in [0.1, 0.15) is 20.7 Å². The average molecular weight is 500 g/mol. The van der Waals surface area contributed by atoms with Crippen molar-refractivity contribution in [2.24, 2.45) is 0 Å². The number of carboxylic acids is 2. The Balaban J connectivity index is 2.29. The van der Waals surface area contributed by atoms with Crippen molar-refractivity contribution in [2.45, 2.75) is 0 Å². The third-order valence-corrected chi connectivity index (χ3v) is 6.32. The second kappa shape index (κ2) is 8.66. The van der Waals surface area contributed by atoms with E-state index in [0.29, 0.717) is 27.9 Å². The molecule has 0 bridgehead atoms. The van der Waals surface area contributed by atoms with Gasteiger partial charge in [0, 0.05) is 54.0 Å². The van der Waals surface area contributed by atoms with E-state index >= 15 is 0 Å². The molecule has 0 fully saturated rings. The lowest BCUT2D eigenvalue weighted by Crippen LogP contribution is -2.21. The molecule has 0 atom stereocenters. The van der Waals surface area contributed by atoms with Gasteiger partial charge in [-0.15, -0.1) is 0 Å². The number of carboxylic acid groups (broad SMARTS) is 2. The van der Waals surface area contributed by atoms with Crippen molar-refractivity contribution < 1.29 is 24.2 Å². The minimum absolute atomic E-state index is 0.0278. The fraction of sp³-hybridized carbons (Fsp3) is 0.160. The molecule has 1 aliphatic carbocycles. The molecule has 4 rings (SSSR count). The smallest absolute Gasteiger partial charge is 0.337 e. The van der Waals surface area contributed by atoms with E-state index in [1.54, 1.807) is 12.1 Å². The lowest BCUT2D eigenvalue weighted by atomic mass is 9.89.